The molecule has 1 aromatic carbocycles. The van der Waals surface area contributed by atoms with Gasteiger partial charge >= 0.3 is 5.51 Å². The van der Waals surface area contributed by atoms with Crippen molar-refractivity contribution >= 4 is 11.8 Å². The quantitative estimate of drug-likeness (QED) is 0.519. The van der Waals surface area contributed by atoms with Crippen LogP contribution >= 0.6 is 11.8 Å². The Labute approximate surface area is 81.1 Å². The van der Waals surface area contributed by atoms with Gasteiger partial charge in [0, 0.05) is 4.90 Å². The zero-order valence-electron chi connectivity index (χ0n) is 6.95. The van der Waals surface area contributed by atoms with Gasteiger partial charge in [-0.1, -0.05) is 0 Å². The van der Waals surface area contributed by atoms with E-state index in [9.17, 15) is 22.0 Å². The minimum Gasteiger partial charge on any atom is -0.204 e. The van der Waals surface area contributed by atoms with Crippen LogP contribution in [0.4, 0.5) is 22.0 Å². The SMILES string of the molecule is Cc1cc(SC(F)(F)F)cc(F)c1F. The summed E-state index contributed by atoms with van der Waals surface area (Å²) >= 11 is -0.469. The second kappa shape index (κ2) is 3.76. The fraction of sp³-hybridized carbons (Fsp3) is 0.250. The summed E-state index contributed by atoms with van der Waals surface area (Å²) in [4.78, 5) is -0.353. The van der Waals surface area contributed by atoms with E-state index in [1.807, 2.05) is 0 Å². The molecule has 0 nitrogen and oxygen atoms in total. The fourth-order valence-corrected chi connectivity index (χ4v) is 1.55. The van der Waals surface area contributed by atoms with E-state index in [2.05, 4.69) is 0 Å². The number of aryl methyl sites for hydroxylation is 1. The smallest absolute Gasteiger partial charge is 0.204 e. The highest BCUT2D eigenvalue weighted by Crippen LogP contribution is 2.37. The lowest BCUT2D eigenvalue weighted by atomic mass is 10.2. The average Bonchev–Trinajstić information content (AvgIpc) is 1.96. The molecule has 0 aromatic heterocycles. The third-order valence-corrected chi connectivity index (χ3v) is 2.12. The van der Waals surface area contributed by atoms with Gasteiger partial charge in [0.1, 0.15) is 0 Å². The molecule has 0 radical (unpaired) electrons. The molecule has 0 aliphatic carbocycles. The molecule has 0 unspecified atom stereocenters. The summed E-state index contributed by atoms with van der Waals surface area (Å²) in [7, 11) is 0. The summed E-state index contributed by atoms with van der Waals surface area (Å²) in [5, 5.41) is 0. The number of thioether (sulfide) groups is 1. The van der Waals surface area contributed by atoms with Crippen LogP contribution in [0.15, 0.2) is 17.0 Å². The molecule has 1 rings (SSSR count). The van der Waals surface area contributed by atoms with Gasteiger partial charge in [-0.05, 0) is 36.4 Å². The maximum Gasteiger partial charge on any atom is 0.446 e. The first-order valence-corrected chi connectivity index (χ1v) is 4.32. The van der Waals surface area contributed by atoms with Crippen LogP contribution < -0.4 is 0 Å². The number of alkyl halides is 3. The maximum atomic E-state index is 12.7. The molecule has 0 fully saturated rings. The highest BCUT2D eigenvalue weighted by molar-refractivity contribution is 8.00. The Morgan fingerprint density at radius 3 is 2.14 bits per heavy atom. The van der Waals surface area contributed by atoms with E-state index in [0.29, 0.717) is 6.07 Å². The van der Waals surface area contributed by atoms with Gasteiger partial charge in [0.25, 0.3) is 0 Å². The van der Waals surface area contributed by atoms with Crippen molar-refractivity contribution in [1.82, 2.24) is 0 Å². The first-order chi connectivity index (χ1) is 6.29. The van der Waals surface area contributed by atoms with E-state index >= 15 is 0 Å². The van der Waals surface area contributed by atoms with Crippen LogP contribution in [-0.2, 0) is 0 Å². The Morgan fingerprint density at radius 2 is 1.71 bits per heavy atom. The molecule has 6 heteroatoms. The monoisotopic (exact) mass is 228 g/mol. The van der Waals surface area contributed by atoms with Crippen molar-refractivity contribution < 1.29 is 22.0 Å². The van der Waals surface area contributed by atoms with Gasteiger partial charge in [-0.3, -0.25) is 0 Å². The van der Waals surface area contributed by atoms with E-state index in [4.69, 9.17) is 0 Å². The first-order valence-electron chi connectivity index (χ1n) is 3.51. The zero-order valence-corrected chi connectivity index (χ0v) is 7.77. The van der Waals surface area contributed by atoms with Crippen molar-refractivity contribution in [1.29, 1.82) is 0 Å². The fourth-order valence-electron chi connectivity index (χ4n) is 0.888. The highest BCUT2D eigenvalue weighted by atomic mass is 32.2. The molecule has 0 heterocycles. The van der Waals surface area contributed by atoms with Crippen molar-refractivity contribution in [3.63, 3.8) is 0 Å². The summed E-state index contributed by atoms with van der Waals surface area (Å²) in [6.07, 6.45) is 0. The minimum absolute atomic E-state index is 0.142. The summed E-state index contributed by atoms with van der Waals surface area (Å²) in [6, 6.07) is 1.48. The van der Waals surface area contributed by atoms with Crippen LogP contribution in [0.3, 0.4) is 0 Å². The van der Waals surface area contributed by atoms with Crippen molar-refractivity contribution in [3.8, 4) is 0 Å². The lowest BCUT2D eigenvalue weighted by molar-refractivity contribution is -0.0328. The number of hydrogen-bond donors (Lipinski definition) is 0. The zero-order chi connectivity index (χ0) is 10.9. The Morgan fingerprint density at radius 1 is 1.14 bits per heavy atom. The number of halogens is 5. The van der Waals surface area contributed by atoms with Crippen LogP contribution in [0, 0.1) is 18.6 Å². The number of rotatable bonds is 1. The molecule has 14 heavy (non-hydrogen) atoms. The van der Waals surface area contributed by atoms with Crippen LogP contribution in [-0.4, -0.2) is 5.51 Å². The molecule has 0 N–H and O–H groups in total. The van der Waals surface area contributed by atoms with Gasteiger partial charge in [0.2, 0.25) is 0 Å². The molecule has 1 aromatic rings. The van der Waals surface area contributed by atoms with Gasteiger partial charge in [0.05, 0.1) is 0 Å². The highest BCUT2D eigenvalue weighted by Gasteiger charge is 2.29. The largest absolute Gasteiger partial charge is 0.446 e. The molecular formula is C8H5F5S. The lowest BCUT2D eigenvalue weighted by Gasteiger charge is -2.07. The van der Waals surface area contributed by atoms with Crippen molar-refractivity contribution in [3.05, 3.63) is 29.3 Å². The predicted octanol–water partition coefficient (Wildman–Crippen LogP) is 3.89. The van der Waals surface area contributed by atoms with E-state index in [-0.39, 0.29) is 10.5 Å². The molecule has 0 bridgehead atoms. The van der Waals surface area contributed by atoms with Gasteiger partial charge in [0.15, 0.2) is 11.6 Å². The van der Waals surface area contributed by atoms with E-state index in [1.54, 1.807) is 0 Å². The summed E-state index contributed by atoms with van der Waals surface area (Å²) in [5.41, 5.74) is -4.63. The molecule has 0 amide bonds. The summed E-state index contributed by atoms with van der Waals surface area (Å²) < 4.78 is 60.9. The normalized spacial score (nSPS) is 11.9. The third kappa shape index (κ3) is 2.87. The Balaban J connectivity index is 3.02. The molecule has 0 aliphatic heterocycles. The Bertz CT molecular complexity index is 321. The maximum absolute atomic E-state index is 12.7. The molecule has 0 atom stereocenters. The molecular weight excluding hydrogens is 223 g/mol. The van der Waals surface area contributed by atoms with Crippen LogP contribution in [0.5, 0.6) is 0 Å². The average molecular weight is 228 g/mol. The van der Waals surface area contributed by atoms with Crippen LogP contribution in [0.1, 0.15) is 5.56 Å². The third-order valence-electron chi connectivity index (χ3n) is 1.42. The Kier molecular flexibility index (Phi) is 3.04. The number of benzene rings is 1. The van der Waals surface area contributed by atoms with Crippen molar-refractivity contribution in [2.24, 2.45) is 0 Å². The van der Waals surface area contributed by atoms with Crippen LogP contribution in [0.25, 0.3) is 0 Å². The van der Waals surface area contributed by atoms with E-state index in [1.165, 1.54) is 6.92 Å². The molecule has 0 spiro atoms. The standard InChI is InChI=1S/C8H5F5S/c1-4-2-5(14-8(11,12)13)3-6(9)7(4)10/h2-3H,1H3. The molecule has 0 saturated heterocycles. The topological polar surface area (TPSA) is 0 Å². The van der Waals surface area contributed by atoms with Gasteiger partial charge in [-0.2, -0.15) is 13.2 Å². The van der Waals surface area contributed by atoms with Crippen molar-refractivity contribution in [2.45, 2.75) is 17.3 Å². The Hall–Kier alpha value is -0.780. The van der Waals surface area contributed by atoms with Gasteiger partial charge in [-0.15, -0.1) is 0 Å². The summed E-state index contributed by atoms with van der Waals surface area (Å²) in [6.45, 7) is 1.21. The van der Waals surface area contributed by atoms with Crippen LogP contribution in [0.2, 0.25) is 0 Å². The number of hydrogen-bond acceptors (Lipinski definition) is 1. The van der Waals surface area contributed by atoms with E-state index < -0.39 is 28.9 Å². The summed E-state index contributed by atoms with van der Waals surface area (Å²) in [5.74, 6) is -2.38. The van der Waals surface area contributed by atoms with Gasteiger partial charge in [-0.25, -0.2) is 8.78 Å². The predicted molar refractivity (Wildman–Crippen MR) is 43.0 cm³/mol. The molecule has 0 saturated carbocycles. The lowest BCUT2D eigenvalue weighted by Crippen LogP contribution is -2.00. The van der Waals surface area contributed by atoms with E-state index in [0.717, 1.165) is 6.07 Å². The first kappa shape index (κ1) is 11.3. The molecule has 0 aliphatic rings. The van der Waals surface area contributed by atoms with Gasteiger partial charge < -0.3 is 0 Å². The van der Waals surface area contributed by atoms with Crippen molar-refractivity contribution in [2.75, 3.05) is 0 Å². The minimum atomic E-state index is -4.49. The second-order valence-electron chi connectivity index (χ2n) is 2.58. The molecule has 78 valence electrons. The second-order valence-corrected chi connectivity index (χ2v) is 3.72.